The number of benzene rings is 1. The fourth-order valence-corrected chi connectivity index (χ4v) is 1.20. The van der Waals surface area contributed by atoms with Crippen molar-refractivity contribution in [2.45, 2.75) is 6.92 Å². The van der Waals surface area contributed by atoms with Gasteiger partial charge in [0.2, 0.25) is 0 Å². The Bertz CT molecular complexity index is 500. The lowest BCUT2D eigenvalue weighted by Gasteiger charge is -2.06. The Labute approximate surface area is 98.2 Å². The summed E-state index contributed by atoms with van der Waals surface area (Å²) >= 11 is 0. The van der Waals surface area contributed by atoms with Crippen LogP contribution in [0.15, 0.2) is 23.8 Å². The molecule has 0 bridgehead atoms. The third-order valence-electron chi connectivity index (χ3n) is 1.95. The molecular weight excluding hydrogens is 222 g/mol. The summed E-state index contributed by atoms with van der Waals surface area (Å²) in [6.45, 7) is 2.14. The van der Waals surface area contributed by atoms with Crippen LogP contribution < -0.4 is 4.74 Å². The molecule has 1 rings (SSSR count). The first-order chi connectivity index (χ1) is 8.08. The smallest absolute Gasteiger partial charge is 0.346 e. The Kier molecular flexibility index (Phi) is 4.12. The summed E-state index contributed by atoms with van der Waals surface area (Å²) in [6.07, 6.45) is 1.21. The lowest BCUT2D eigenvalue weighted by atomic mass is 10.1. The Morgan fingerprint density at radius 2 is 2.29 bits per heavy atom. The number of aromatic hydroxyl groups is 1. The Morgan fingerprint density at radius 1 is 1.59 bits per heavy atom. The fourth-order valence-electron chi connectivity index (χ4n) is 1.20. The molecule has 5 heteroatoms. The first-order valence-electron chi connectivity index (χ1n) is 4.89. The van der Waals surface area contributed by atoms with Gasteiger partial charge >= 0.3 is 5.97 Å². The second kappa shape index (κ2) is 5.56. The monoisotopic (exact) mass is 233 g/mol. The van der Waals surface area contributed by atoms with Gasteiger partial charge in [-0.1, -0.05) is 6.07 Å². The van der Waals surface area contributed by atoms with Gasteiger partial charge in [-0.25, -0.2) is 4.79 Å². The van der Waals surface area contributed by atoms with Gasteiger partial charge in [0.25, 0.3) is 0 Å². The fraction of sp³-hybridized carbons (Fsp3) is 0.167. The molecule has 0 aromatic heterocycles. The van der Waals surface area contributed by atoms with Crippen molar-refractivity contribution in [3.05, 3.63) is 29.3 Å². The molecule has 0 unspecified atom stereocenters. The van der Waals surface area contributed by atoms with E-state index in [1.165, 1.54) is 24.3 Å². The Hall–Kier alpha value is -2.48. The van der Waals surface area contributed by atoms with Gasteiger partial charge in [0.05, 0.1) is 6.61 Å². The number of carbonyl (C=O) groups is 1. The van der Waals surface area contributed by atoms with Crippen LogP contribution in [0.2, 0.25) is 0 Å². The standard InChI is InChI=1S/C12H11NO4/c1-2-17-11-6-8(3-4-10(11)14)5-9(7-13)12(15)16/h3-6,14H,2H2,1H3,(H,15,16). The van der Waals surface area contributed by atoms with Crippen LogP contribution in [0.3, 0.4) is 0 Å². The minimum Gasteiger partial charge on any atom is -0.504 e. The summed E-state index contributed by atoms with van der Waals surface area (Å²) in [5.41, 5.74) is 0.100. The zero-order valence-electron chi connectivity index (χ0n) is 9.17. The minimum atomic E-state index is -1.29. The van der Waals surface area contributed by atoms with E-state index in [0.29, 0.717) is 12.2 Å². The lowest BCUT2D eigenvalue weighted by Crippen LogP contribution is -1.97. The summed E-state index contributed by atoms with van der Waals surface area (Å²) in [6, 6.07) is 5.93. The highest BCUT2D eigenvalue weighted by Crippen LogP contribution is 2.27. The number of nitrogens with zero attached hydrogens (tertiary/aromatic N) is 1. The van der Waals surface area contributed by atoms with Crippen molar-refractivity contribution in [2.24, 2.45) is 0 Å². The average Bonchev–Trinajstić information content (AvgIpc) is 2.30. The third kappa shape index (κ3) is 3.24. The van der Waals surface area contributed by atoms with E-state index in [4.69, 9.17) is 15.1 Å². The molecule has 17 heavy (non-hydrogen) atoms. The van der Waals surface area contributed by atoms with Gasteiger partial charge in [0, 0.05) is 0 Å². The number of rotatable bonds is 4. The van der Waals surface area contributed by atoms with Gasteiger partial charge < -0.3 is 14.9 Å². The molecular formula is C12H11NO4. The molecule has 1 aromatic carbocycles. The van der Waals surface area contributed by atoms with Crippen molar-refractivity contribution in [1.29, 1.82) is 5.26 Å². The van der Waals surface area contributed by atoms with E-state index >= 15 is 0 Å². The van der Waals surface area contributed by atoms with Gasteiger partial charge in [-0.2, -0.15) is 5.26 Å². The van der Waals surface area contributed by atoms with E-state index in [-0.39, 0.29) is 17.1 Å². The largest absolute Gasteiger partial charge is 0.504 e. The molecule has 0 aliphatic carbocycles. The molecule has 0 aliphatic heterocycles. The van der Waals surface area contributed by atoms with E-state index in [1.807, 2.05) is 0 Å². The number of aliphatic carboxylic acids is 1. The SMILES string of the molecule is CCOc1cc(C=C(C#N)C(=O)O)ccc1O. The molecule has 0 atom stereocenters. The van der Waals surface area contributed by atoms with E-state index in [0.717, 1.165) is 0 Å². The number of phenols is 1. The molecule has 0 fully saturated rings. The highest BCUT2D eigenvalue weighted by atomic mass is 16.5. The van der Waals surface area contributed by atoms with Gasteiger partial charge in [0.1, 0.15) is 11.6 Å². The predicted octanol–water partition coefficient (Wildman–Crippen LogP) is 1.78. The summed E-state index contributed by atoms with van der Waals surface area (Å²) in [7, 11) is 0. The van der Waals surface area contributed by atoms with Gasteiger partial charge in [-0.3, -0.25) is 0 Å². The van der Waals surface area contributed by atoms with Crippen LogP contribution in [-0.2, 0) is 4.79 Å². The molecule has 0 saturated carbocycles. The predicted molar refractivity (Wildman–Crippen MR) is 60.5 cm³/mol. The molecule has 0 radical (unpaired) electrons. The Morgan fingerprint density at radius 3 is 2.82 bits per heavy atom. The van der Waals surface area contributed by atoms with E-state index in [1.54, 1.807) is 13.0 Å². The molecule has 0 heterocycles. The van der Waals surface area contributed by atoms with Crippen molar-refractivity contribution in [2.75, 3.05) is 6.61 Å². The van der Waals surface area contributed by atoms with Crippen LogP contribution in [0.4, 0.5) is 0 Å². The summed E-state index contributed by atoms with van der Waals surface area (Å²) < 4.78 is 5.14. The number of nitriles is 1. The van der Waals surface area contributed by atoms with E-state index < -0.39 is 5.97 Å². The van der Waals surface area contributed by atoms with Crippen molar-refractivity contribution in [3.8, 4) is 17.6 Å². The molecule has 0 aliphatic rings. The zero-order valence-corrected chi connectivity index (χ0v) is 9.17. The summed E-state index contributed by atoms with van der Waals surface area (Å²) in [4.78, 5) is 10.6. The van der Waals surface area contributed by atoms with E-state index in [2.05, 4.69) is 0 Å². The average molecular weight is 233 g/mol. The zero-order chi connectivity index (χ0) is 12.8. The maximum Gasteiger partial charge on any atom is 0.346 e. The number of hydrogen-bond acceptors (Lipinski definition) is 4. The number of ether oxygens (including phenoxy) is 1. The maximum atomic E-state index is 10.6. The van der Waals surface area contributed by atoms with Crippen LogP contribution in [0.25, 0.3) is 6.08 Å². The van der Waals surface area contributed by atoms with Crippen molar-refractivity contribution in [1.82, 2.24) is 0 Å². The normalized spacial score (nSPS) is 10.7. The number of phenolic OH excluding ortho intramolecular Hbond substituents is 1. The molecule has 0 amide bonds. The minimum absolute atomic E-state index is 0.0298. The van der Waals surface area contributed by atoms with Crippen LogP contribution in [0, 0.1) is 11.3 Å². The van der Waals surface area contributed by atoms with Crippen LogP contribution >= 0.6 is 0 Å². The Balaban J connectivity index is 3.12. The van der Waals surface area contributed by atoms with Gasteiger partial charge in [0.15, 0.2) is 11.5 Å². The van der Waals surface area contributed by atoms with E-state index in [9.17, 15) is 9.90 Å². The van der Waals surface area contributed by atoms with Crippen molar-refractivity contribution < 1.29 is 19.7 Å². The number of carboxylic acids is 1. The van der Waals surface area contributed by atoms with Crippen LogP contribution in [-0.4, -0.2) is 22.8 Å². The van der Waals surface area contributed by atoms with Crippen molar-refractivity contribution in [3.63, 3.8) is 0 Å². The molecule has 88 valence electrons. The van der Waals surface area contributed by atoms with Crippen molar-refractivity contribution >= 4 is 12.0 Å². The second-order valence-electron chi connectivity index (χ2n) is 3.14. The third-order valence-corrected chi connectivity index (χ3v) is 1.95. The summed E-state index contributed by atoms with van der Waals surface area (Å²) in [5.74, 6) is -1.07. The molecule has 5 nitrogen and oxygen atoms in total. The molecule has 2 N–H and O–H groups in total. The quantitative estimate of drug-likeness (QED) is 0.611. The molecule has 1 aromatic rings. The number of hydrogen-bond donors (Lipinski definition) is 2. The maximum absolute atomic E-state index is 10.6. The molecule has 0 saturated heterocycles. The van der Waals surface area contributed by atoms with Crippen LogP contribution in [0.5, 0.6) is 11.5 Å². The lowest BCUT2D eigenvalue weighted by molar-refractivity contribution is -0.132. The topological polar surface area (TPSA) is 90.5 Å². The van der Waals surface area contributed by atoms with Crippen LogP contribution in [0.1, 0.15) is 12.5 Å². The van der Waals surface area contributed by atoms with Gasteiger partial charge in [-0.05, 0) is 30.7 Å². The molecule has 0 spiro atoms. The first-order valence-corrected chi connectivity index (χ1v) is 4.89. The second-order valence-corrected chi connectivity index (χ2v) is 3.14. The summed E-state index contributed by atoms with van der Waals surface area (Å²) in [5, 5.41) is 26.7. The first kappa shape index (κ1) is 12.6. The number of carboxylic acid groups (broad SMARTS) is 1. The highest BCUT2D eigenvalue weighted by molar-refractivity contribution is 5.96. The highest BCUT2D eigenvalue weighted by Gasteiger charge is 2.07. The van der Waals surface area contributed by atoms with Gasteiger partial charge in [-0.15, -0.1) is 0 Å².